The molecule has 104 valence electrons. The minimum atomic E-state index is 0.436. The summed E-state index contributed by atoms with van der Waals surface area (Å²) in [7, 11) is 2.20. The van der Waals surface area contributed by atoms with Gasteiger partial charge in [0.15, 0.2) is 0 Å². The average molecular weight is 274 g/mol. The maximum Gasteiger partial charge on any atom is 0.0704 e. The minimum Gasteiger partial charge on any atom is -0.301 e. The van der Waals surface area contributed by atoms with Gasteiger partial charge in [-0.1, -0.05) is 42.5 Å². The van der Waals surface area contributed by atoms with Gasteiger partial charge in [-0.15, -0.1) is 0 Å². The van der Waals surface area contributed by atoms with Crippen LogP contribution in [0.25, 0.3) is 10.9 Å². The molecule has 1 aromatic heterocycles. The lowest BCUT2D eigenvalue weighted by Gasteiger charge is -2.32. The summed E-state index contributed by atoms with van der Waals surface area (Å²) in [6, 6.07) is 19.6. The molecule has 2 nitrogen and oxygen atoms in total. The molecule has 2 heterocycles. The van der Waals surface area contributed by atoms with E-state index in [1.165, 1.54) is 22.1 Å². The molecule has 2 aromatic carbocycles. The Balaban J connectivity index is 1.84. The molecule has 0 aliphatic carbocycles. The maximum atomic E-state index is 4.50. The molecule has 3 aromatic rings. The molecule has 0 spiro atoms. The molecule has 0 bridgehead atoms. The largest absolute Gasteiger partial charge is 0.301 e. The van der Waals surface area contributed by atoms with Gasteiger partial charge >= 0.3 is 0 Å². The Morgan fingerprint density at radius 3 is 2.90 bits per heavy atom. The van der Waals surface area contributed by atoms with Crippen molar-refractivity contribution in [1.29, 1.82) is 0 Å². The topological polar surface area (TPSA) is 16.1 Å². The van der Waals surface area contributed by atoms with Crippen molar-refractivity contribution in [2.45, 2.75) is 12.5 Å². The molecule has 0 radical (unpaired) electrons. The normalized spacial score (nSPS) is 18.6. The zero-order valence-electron chi connectivity index (χ0n) is 12.2. The predicted octanol–water partition coefficient (Wildman–Crippen LogP) is 3.81. The van der Waals surface area contributed by atoms with Crippen molar-refractivity contribution >= 4 is 10.9 Å². The molecule has 1 aliphatic heterocycles. The number of likely N-dealkylation sites (N-methyl/N-ethyl adjacent to an activating group) is 1. The standard InChI is InChI=1S/C19H18N2/c1-21-12-16-5-2-3-7-17(16)18(13-21)15-9-8-14-6-4-10-20-19(14)11-15/h2-11,18H,12-13H2,1H3. The first kappa shape index (κ1) is 12.5. The van der Waals surface area contributed by atoms with Gasteiger partial charge in [0.2, 0.25) is 0 Å². The van der Waals surface area contributed by atoms with Crippen LogP contribution >= 0.6 is 0 Å². The zero-order valence-corrected chi connectivity index (χ0v) is 12.2. The first-order valence-corrected chi connectivity index (χ1v) is 7.42. The molecule has 1 atom stereocenters. The van der Waals surface area contributed by atoms with E-state index in [0.29, 0.717) is 5.92 Å². The van der Waals surface area contributed by atoms with Gasteiger partial charge < -0.3 is 4.90 Å². The second-order valence-corrected chi connectivity index (χ2v) is 5.90. The fraction of sp³-hybridized carbons (Fsp3) is 0.211. The Hall–Kier alpha value is -2.19. The van der Waals surface area contributed by atoms with Crippen molar-refractivity contribution in [2.75, 3.05) is 13.6 Å². The zero-order chi connectivity index (χ0) is 14.2. The van der Waals surface area contributed by atoms with Gasteiger partial charge in [-0.05, 0) is 35.9 Å². The van der Waals surface area contributed by atoms with E-state index in [1.54, 1.807) is 0 Å². The minimum absolute atomic E-state index is 0.436. The molecule has 0 saturated heterocycles. The Morgan fingerprint density at radius 1 is 1.05 bits per heavy atom. The molecule has 0 fully saturated rings. The van der Waals surface area contributed by atoms with Crippen LogP contribution in [0.15, 0.2) is 60.8 Å². The summed E-state index contributed by atoms with van der Waals surface area (Å²) in [5, 5.41) is 1.21. The second-order valence-electron chi connectivity index (χ2n) is 5.90. The van der Waals surface area contributed by atoms with Crippen molar-refractivity contribution in [3.05, 3.63) is 77.5 Å². The molecule has 0 amide bonds. The molecule has 0 saturated carbocycles. The highest BCUT2D eigenvalue weighted by atomic mass is 15.1. The number of fused-ring (bicyclic) bond motifs is 2. The van der Waals surface area contributed by atoms with Crippen LogP contribution in [-0.2, 0) is 6.54 Å². The Morgan fingerprint density at radius 2 is 1.95 bits per heavy atom. The Labute approximate surface area is 125 Å². The van der Waals surface area contributed by atoms with Crippen LogP contribution in [0.5, 0.6) is 0 Å². The van der Waals surface area contributed by atoms with Crippen LogP contribution < -0.4 is 0 Å². The summed E-state index contributed by atoms with van der Waals surface area (Å²) < 4.78 is 0. The van der Waals surface area contributed by atoms with Gasteiger partial charge in [0.05, 0.1) is 5.52 Å². The number of rotatable bonds is 1. The fourth-order valence-corrected chi connectivity index (χ4v) is 3.37. The molecule has 2 heteroatoms. The monoisotopic (exact) mass is 274 g/mol. The molecule has 4 rings (SSSR count). The van der Waals surface area contributed by atoms with E-state index in [-0.39, 0.29) is 0 Å². The van der Waals surface area contributed by atoms with Crippen molar-refractivity contribution in [3.8, 4) is 0 Å². The highest BCUT2D eigenvalue weighted by Gasteiger charge is 2.24. The number of hydrogen-bond donors (Lipinski definition) is 0. The molecular weight excluding hydrogens is 256 g/mol. The van der Waals surface area contributed by atoms with Gasteiger partial charge in [-0.25, -0.2) is 0 Å². The SMILES string of the molecule is CN1Cc2ccccc2C(c2ccc3cccnc3c2)C1. The quantitative estimate of drug-likeness (QED) is 0.671. The Kier molecular flexibility index (Phi) is 2.97. The lowest BCUT2D eigenvalue weighted by molar-refractivity contribution is 0.295. The predicted molar refractivity (Wildman–Crippen MR) is 86.4 cm³/mol. The molecule has 1 unspecified atom stereocenters. The van der Waals surface area contributed by atoms with Gasteiger partial charge in [0.25, 0.3) is 0 Å². The molecular formula is C19H18N2. The smallest absolute Gasteiger partial charge is 0.0704 e. The summed E-state index contributed by atoms with van der Waals surface area (Å²) in [6.45, 7) is 2.11. The highest BCUT2D eigenvalue weighted by molar-refractivity contribution is 5.79. The van der Waals surface area contributed by atoms with Crippen LogP contribution in [0.3, 0.4) is 0 Å². The van der Waals surface area contributed by atoms with Crippen LogP contribution in [0.2, 0.25) is 0 Å². The third-order valence-electron chi connectivity index (χ3n) is 4.40. The number of nitrogens with zero attached hydrogens (tertiary/aromatic N) is 2. The highest BCUT2D eigenvalue weighted by Crippen LogP contribution is 2.33. The van der Waals surface area contributed by atoms with Crippen molar-refractivity contribution in [2.24, 2.45) is 0 Å². The van der Waals surface area contributed by atoms with E-state index in [0.717, 1.165) is 18.6 Å². The Bertz CT molecular complexity index is 794. The number of aromatic nitrogens is 1. The summed E-state index contributed by atoms with van der Waals surface area (Å²) in [5.74, 6) is 0.436. The lowest BCUT2D eigenvalue weighted by Crippen LogP contribution is -2.30. The van der Waals surface area contributed by atoms with Gasteiger partial charge in [0, 0.05) is 30.6 Å². The van der Waals surface area contributed by atoms with Gasteiger partial charge in [0.1, 0.15) is 0 Å². The van der Waals surface area contributed by atoms with Crippen LogP contribution in [0.1, 0.15) is 22.6 Å². The van der Waals surface area contributed by atoms with E-state index in [1.807, 2.05) is 12.3 Å². The average Bonchev–Trinajstić information content (AvgIpc) is 2.53. The van der Waals surface area contributed by atoms with E-state index >= 15 is 0 Å². The van der Waals surface area contributed by atoms with E-state index in [2.05, 4.69) is 65.5 Å². The van der Waals surface area contributed by atoms with Crippen molar-refractivity contribution in [1.82, 2.24) is 9.88 Å². The lowest BCUT2D eigenvalue weighted by atomic mass is 9.84. The van der Waals surface area contributed by atoms with Crippen LogP contribution in [0.4, 0.5) is 0 Å². The molecule has 1 aliphatic rings. The number of pyridine rings is 1. The molecule has 21 heavy (non-hydrogen) atoms. The third kappa shape index (κ3) is 2.22. The third-order valence-corrected chi connectivity index (χ3v) is 4.40. The number of benzene rings is 2. The van der Waals surface area contributed by atoms with Crippen LogP contribution in [-0.4, -0.2) is 23.5 Å². The van der Waals surface area contributed by atoms with Gasteiger partial charge in [-0.2, -0.15) is 0 Å². The second kappa shape index (κ2) is 4.97. The molecule has 0 N–H and O–H groups in total. The summed E-state index contributed by atoms with van der Waals surface area (Å²) >= 11 is 0. The van der Waals surface area contributed by atoms with E-state index in [4.69, 9.17) is 0 Å². The summed E-state index contributed by atoms with van der Waals surface area (Å²) in [4.78, 5) is 6.90. The maximum absolute atomic E-state index is 4.50. The first-order valence-electron chi connectivity index (χ1n) is 7.42. The van der Waals surface area contributed by atoms with Crippen LogP contribution in [0, 0.1) is 0 Å². The summed E-state index contributed by atoms with van der Waals surface area (Å²) in [5.41, 5.74) is 5.35. The van der Waals surface area contributed by atoms with Gasteiger partial charge in [-0.3, -0.25) is 4.98 Å². The van der Waals surface area contributed by atoms with Crippen molar-refractivity contribution in [3.63, 3.8) is 0 Å². The summed E-state index contributed by atoms with van der Waals surface area (Å²) in [6.07, 6.45) is 1.87. The van der Waals surface area contributed by atoms with E-state index in [9.17, 15) is 0 Å². The fourth-order valence-electron chi connectivity index (χ4n) is 3.37. The first-order chi connectivity index (χ1) is 10.3. The van der Waals surface area contributed by atoms with E-state index < -0.39 is 0 Å². The number of hydrogen-bond acceptors (Lipinski definition) is 2. The van der Waals surface area contributed by atoms with Crippen molar-refractivity contribution < 1.29 is 0 Å².